The summed E-state index contributed by atoms with van der Waals surface area (Å²) in [6.07, 6.45) is 0.828. The van der Waals surface area contributed by atoms with E-state index in [9.17, 15) is 9.59 Å². The number of rotatable bonds is 3. The largest absolute Gasteiger partial charge is 0.477 e. The van der Waals surface area contributed by atoms with Crippen LogP contribution in [0.25, 0.3) is 0 Å². The van der Waals surface area contributed by atoms with E-state index in [1.807, 2.05) is 32.7 Å². The van der Waals surface area contributed by atoms with Gasteiger partial charge in [-0.3, -0.25) is 4.79 Å². The maximum absolute atomic E-state index is 12.4. The molecule has 1 N–H and O–H groups in total. The molecule has 2 aromatic rings. The van der Waals surface area contributed by atoms with Crippen molar-refractivity contribution in [3.05, 3.63) is 46.3 Å². The third-order valence-corrected chi connectivity index (χ3v) is 4.51. The summed E-state index contributed by atoms with van der Waals surface area (Å²) in [7, 11) is 0. The molecule has 0 spiro atoms. The molecular formula is C16H17N3O3S. The third-order valence-electron chi connectivity index (χ3n) is 3.83. The van der Waals surface area contributed by atoms with E-state index in [-0.39, 0.29) is 11.6 Å². The highest BCUT2D eigenvalue weighted by atomic mass is 32.1. The molecule has 0 bridgehead atoms. The number of hydrogen-bond acceptors (Lipinski definition) is 5. The van der Waals surface area contributed by atoms with Crippen molar-refractivity contribution < 1.29 is 14.7 Å². The summed E-state index contributed by atoms with van der Waals surface area (Å²) in [5.41, 5.74) is 0.771. The predicted octanol–water partition coefficient (Wildman–Crippen LogP) is 2.19. The van der Waals surface area contributed by atoms with Crippen molar-refractivity contribution in [3.63, 3.8) is 0 Å². The zero-order valence-electron chi connectivity index (χ0n) is 12.5. The van der Waals surface area contributed by atoms with Crippen LogP contribution in [0.3, 0.4) is 0 Å². The van der Waals surface area contributed by atoms with E-state index in [0.29, 0.717) is 25.5 Å². The summed E-state index contributed by atoms with van der Waals surface area (Å²) in [5, 5.41) is 12.8. The fourth-order valence-corrected chi connectivity index (χ4v) is 3.27. The molecule has 3 rings (SSSR count). The van der Waals surface area contributed by atoms with E-state index in [1.165, 1.54) is 17.4 Å². The number of anilines is 1. The summed E-state index contributed by atoms with van der Waals surface area (Å²) in [4.78, 5) is 31.5. The Hall–Kier alpha value is -2.41. The molecule has 0 unspecified atom stereocenters. The minimum absolute atomic E-state index is 0.0398. The van der Waals surface area contributed by atoms with Gasteiger partial charge in [-0.25, -0.2) is 9.78 Å². The van der Waals surface area contributed by atoms with E-state index in [2.05, 4.69) is 4.98 Å². The van der Waals surface area contributed by atoms with Crippen LogP contribution < -0.4 is 4.90 Å². The number of aromatic nitrogens is 1. The van der Waals surface area contributed by atoms with Gasteiger partial charge >= 0.3 is 5.97 Å². The first kappa shape index (κ1) is 15.5. The minimum Gasteiger partial charge on any atom is -0.477 e. The Morgan fingerprint density at radius 2 is 2.00 bits per heavy atom. The summed E-state index contributed by atoms with van der Waals surface area (Å²) in [6.45, 7) is 2.70. The van der Waals surface area contributed by atoms with Crippen LogP contribution in [0.15, 0.2) is 35.0 Å². The molecule has 1 amide bonds. The molecule has 1 aliphatic heterocycles. The number of carboxylic acid groups (broad SMARTS) is 1. The van der Waals surface area contributed by atoms with Crippen molar-refractivity contribution in [2.45, 2.75) is 6.42 Å². The van der Waals surface area contributed by atoms with Crippen molar-refractivity contribution in [2.24, 2.45) is 0 Å². The van der Waals surface area contributed by atoms with Gasteiger partial charge in [0.25, 0.3) is 5.91 Å². The number of pyridine rings is 1. The average molecular weight is 331 g/mol. The Bertz CT molecular complexity index is 702. The van der Waals surface area contributed by atoms with Crippen LogP contribution in [0.5, 0.6) is 0 Å². The summed E-state index contributed by atoms with van der Waals surface area (Å²) < 4.78 is 0. The molecule has 6 nitrogen and oxygen atoms in total. The second-order valence-electron chi connectivity index (χ2n) is 5.33. The first-order valence-electron chi connectivity index (χ1n) is 7.42. The Labute approximate surface area is 138 Å². The number of nitrogens with zero attached hydrogens (tertiary/aromatic N) is 3. The van der Waals surface area contributed by atoms with Gasteiger partial charge < -0.3 is 14.9 Å². The molecule has 0 saturated carbocycles. The van der Waals surface area contributed by atoms with Crippen LogP contribution in [0.2, 0.25) is 0 Å². The highest BCUT2D eigenvalue weighted by molar-refractivity contribution is 7.08. The van der Waals surface area contributed by atoms with Gasteiger partial charge in [0.15, 0.2) is 5.69 Å². The molecule has 7 heteroatoms. The molecule has 120 valence electrons. The van der Waals surface area contributed by atoms with Gasteiger partial charge in [-0.15, -0.1) is 0 Å². The Morgan fingerprint density at radius 1 is 1.13 bits per heavy atom. The molecule has 1 saturated heterocycles. The van der Waals surface area contributed by atoms with Crippen molar-refractivity contribution in [2.75, 3.05) is 31.1 Å². The van der Waals surface area contributed by atoms with Gasteiger partial charge in [0, 0.05) is 31.6 Å². The number of carbonyl (C=O) groups is 2. The lowest BCUT2D eigenvalue weighted by atomic mass is 10.3. The molecule has 3 heterocycles. The number of hydrogen-bond donors (Lipinski definition) is 1. The highest BCUT2D eigenvalue weighted by Crippen LogP contribution is 2.16. The molecule has 0 aliphatic carbocycles. The summed E-state index contributed by atoms with van der Waals surface area (Å²) in [5.74, 6) is -0.328. The molecule has 1 fully saturated rings. The predicted molar refractivity (Wildman–Crippen MR) is 88.2 cm³/mol. The van der Waals surface area contributed by atoms with Crippen LogP contribution >= 0.6 is 11.3 Å². The van der Waals surface area contributed by atoms with Crippen LogP contribution in [0.1, 0.15) is 27.3 Å². The molecular weight excluding hydrogens is 314 g/mol. The van der Waals surface area contributed by atoms with Gasteiger partial charge in [-0.2, -0.15) is 11.3 Å². The SMILES string of the molecule is O=C(O)c1cccc(N2CCCN(C(=O)c3ccsc3)CC2)n1. The summed E-state index contributed by atoms with van der Waals surface area (Å²) in [6, 6.07) is 6.83. The first-order chi connectivity index (χ1) is 11.1. The number of carbonyl (C=O) groups excluding carboxylic acids is 1. The lowest BCUT2D eigenvalue weighted by molar-refractivity contribution is 0.0689. The standard InChI is InChI=1S/C16H17N3O3S/c20-15(12-5-10-23-11-12)19-7-2-6-18(8-9-19)14-4-1-3-13(17-14)16(21)22/h1,3-5,10-11H,2,6-9H2,(H,21,22). The monoisotopic (exact) mass is 331 g/mol. The second-order valence-corrected chi connectivity index (χ2v) is 6.11. The quantitative estimate of drug-likeness (QED) is 0.933. The van der Waals surface area contributed by atoms with E-state index < -0.39 is 5.97 Å². The molecule has 0 radical (unpaired) electrons. The lowest BCUT2D eigenvalue weighted by Gasteiger charge is -2.22. The van der Waals surface area contributed by atoms with Gasteiger partial charge in [-0.05, 0) is 30.0 Å². The minimum atomic E-state index is -1.03. The fourth-order valence-electron chi connectivity index (χ4n) is 2.64. The van der Waals surface area contributed by atoms with Crippen molar-refractivity contribution >= 4 is 29.0 Å². The molecule has 0 aromatic carbocycles. The zero-order chi connectivity index (χ0) is 16.2. The lowest BCUT2D eigenvalue weighted by Crippen LogP contribution is -2.35. The van der Waals surface area contributed by atoms with Crippen LogP contribution in [0.4, 0.5) is 5.82 Å². The molecule has 23 heavy (non-hydrogen) atoms. The van der Waals surface area contributed by atoms with Gasteiger partial charge in [0.05, 0.1) is 5.56 Å². The summed E-state index contributed by atoms with van der Waals surface area (Å²) >= 11 is 1.52. The van der Waals surface area contributed by atoms with Crippen molar-refractivity contribution in [1.82, 2.24) is 9.88 Å². The highest BCUT2D eigenvalue weighted by Gasteiger charge is 2.21. The number of thiophene rings is 1. The maximum atomic E-state index is 12.4. The Balaban J connectivity index is 1.70. The molecule has 0 atom stereocenters. The number of aromatic carboxylic acids is 1. The molecule has 2 aromatic heterocycles. The Morgan fingerprint density at radius 3 is 2.74 bits per heavy atom. The Kier molecular flexibility index (Phi) is 4.57. The first-order valence-corrected chi connectivity index (χ1v) is 8.36. The van der Waals surface area contributed by atoms with E-state index >= 15 is 0 Å². The zero-order valence-corrected chi connectivity index (χ0v) is 13.3. The van der Waals surface area contributed by atoms with E-state index in [1.54, 1.807) is 6.07 Å². The van der Waals surface area contributed by atoms with Gasteiger partial charge in [0.1, 0.15) is 5.82 Å². The van der Waals surface area contributed by atoms with Crippen LogP contribution in [0, 0.1) is 0 Å². The maximum Gasteiger partial charge on any atom is 0.354 e. The van der Waals surface area contributed by atoms with Crippen LogP contribution in [-0.2, 0) is 0 Å². The van der Waals surface area contributed by atoms with Crippen molar-refractivity contribution in [3.8, 4) is 0 Å². The van der Waals surface area contributed by atoms with Crippen molar-refractivity contribution in [1.29, 1.82) is 0 Å². The number of amides is 1. The van der Waals surface area contributed by atoms with Crippen LogP contribution in [-0.4, -0.2) is 53.0 Å². The smallest absolute Gasteiger partial charge is 0.354 e. The van der Waals surface area contributed by atoms with E-state index in [4.69, 9.17) is 5.11 Å². The average Bonchev–Trinajstić information content (AvgIpc) is 2.99. The van der Waals surface area contributed by atoms with E-state index in [0.717, 1.165) is 18.5 Å². The third kappa shape index (κ3) is 3.50. The molecule has 1 aliphatic rings. The number of carboxylic acids is 1. The fraction of sp³-hybridized carbons (Fsp3) is 0.312. The van der Waals surface area contributed by atoms with Gasteiger partial charge in [0.2, 0.25) is 0 Å². The second kappa shape index (κ2) is 6.78. The normalized spacial score (nSPS) is 15.3. The topological polar surface area (TPSA) is 73.7 Å². The van der Waals surface area contributed by atoms with Gasteiger partial charge in [-0.1, -0.05) is 6.07 Å².